The zero-order chi connectivity index (χ0) is 27.5. The zero-order valence-corrected chi connectivity index (χ0v) is 23.1. The molecule has 5 rings (SSSR count). The van der Waals surface area contributed by atoms with Gasteiger partial charge in [0.05, 0.1) is 12.2 Å². The summed E-state index contributed by atoms with van der Waals surface area (Å²) >= 11 is 0. The molecule has 0 amide bonds. The van der Waals surface area contributed by atoms with Gasteiger partial charge in [0.25, 0.3) is 0 Å². The van der Waals surface area contributed by atoms with Gasteiger partial charge in [-0.25, -0.2) is 0 Å². The Morgan fingerprint density at radius 3 is 2.74 bits per heavy atom. The summed E-state index contributed by atoms with van der Waals surface area (Å²) in [5.74, 6) is 1.59. The van der Waals surface area contributed by atoms with Crippen molar-refractivity contribution < 1.29 is 14.6 Å². The lowest BCUT2D eigenvalue weighted by Crippen LogP contribution is -2.56. The fraction of sp³-hybridized carbons (Fsp3) is 0.517. The maximum absolute atomic E-state index is 13.0. The minimum Gasteiger partial charge on any atom is -0.381 e. The number of nitrogens with one attached hydrogen (secondary N) is 2. The van der Waals surface area contributed by atoms with Gasteiger partial charge in [0.1, 0.15) is 6.23 Å². The van der Waals surface area contributed by atoms with Gasteiger partial charge in [-0.3, -0.25) is 9.69 Å². The Morgan fingerprint density at radius 2 is 2.05 bits per heavy atom. The third-order valence-electron chi connectivity index (χ3n) is 7.78. The number of aryl methyl sites for hydroxylation is 1. The molecule has 2 unspecified atom stereocenters. The Bertz CT molecular complexity index is 1330. The number of aromatic nitrogens is 4. The SMILES string of the molecule is C=CC(O)N1CCC1C(=O)Cc1cc(CNc2nc(NC3CCOCC3)nc3c(C(C)C)cnn23)ccc1C. The number of aliphatic hydroxyl groups is 1. The number of likely N-dealkylation sites (tertiary alicyclic amines) is 1. The van der Waals surface area contributed by atoms with Crippen LogP contribution in [-0.4, -0.2) is 73.4 Å². The summed E-state index contributed by atoms with van der Waals surface area (Å²) in [5, 5.41) is 21.6. The normalized spacial score (nSPS) is 19.2. The highest BCUT2D eigenvalue weighted by Gasteiger charge is 2.36. The van der Waals surface area contributed by atoms with Crippen molar-refractivity contribution in [3.8, 4) is 0 Å². The Kier molecular flexibility index (Phi) is 8.25. The topological polar surface area (TPSA) is 117 Å². The van der Waals surface area contributed by atoms with Crippen LogP contribution in [0.5, 0.6) is 0 Å². The van der Waals surface area contributed by atoms with Crippen LogP contribution in [0.2, 0.25) is 0 Å². The van der Waals surface area contributed by atoms with E-state index >= 15 is 0 Å². The van der Waals surface area contributed by atoms with Gasteiger partial charge in [-0.1, -0.05) is 38.6 Å². The first-order valence-corrected chi connectivity index (χ1v) is 13.9. The summed E-state index contributed by atoms with van der Waals surface area (Å²) in [5.41, 5.74) is 4.97. The molecule has 4 heterocycles. The molecule has 3 aromatic rings. The van der Waals surface area contributed by atoms with Crippen molar-refractivity contribution in [3.63, 3.8) is 0 Å². The van der Waals surface area contributed by atoms with E-state index in [1.807, 2.05) is 13.1 Å². The van der Waals surface area contributed by atoms with Gasteiger partial charge in [0.15, 0.2) is 11.4 Å². The second kappa shape index (κ2) is 11.8. The van der Waals surface area contributed by atoms with Crippen molar-refractivity contribution in [2.45, 2.75) is 77.2 Å². The second-order valence-electron chi connectivity index (χ2n) is 10.8. The van der Waals surface area contributed by atoms with Crippen molar-refractivity contribution in [1.82, 2.24) is 24.5 Å². The Labute approximate surface area is 229 Å². The average molecular weight is 534 g/mol. The molecule has 0 radical (unpaired) electrons. The summed E-state index contributed by atoms with van der Waals surface area (Å²) in [6, 6.07) is 6.21. The van der Waals surface area contributed by atoms with Gasteiger partial charge in [0.2, 0.25) is 11.9 Å². The number of hydrogen-bond donors (Lipinski definition) is 3. The lowest BCUT2D eigenvalue weighted by Gasteiger charge is -2.42. The van der Waals surface area contributed by atoms with Crippen LogP contribution in [-0.2, 0) is 22.5 Å². The number of fused-ring (bicyclic) bond motifs is 1. The average Bonchev–Trinajstić information content (AvgIpc) is 3.33. The number of anilines is 2. The molecule has 10 nitrogen and oxygen atoms in total. The number of aliphatic hydroxyl groups excluding tert-OH is 1. The largest absolute Gasteiger partial charge is 0.381 e. The molecule has 208 valence electrons. The molecule has 10 heteroatoms. The quantitative estimate of drug-likeness (QED) is 0.319. The molecular weight excluding hydrogens is 494 g/mol. The monoisotopic (exact) mass is 533 g/mol. The molecule has 2 saturated heterocycles. The molecule has 0 spiro atoms. The Morgan fingerprint density at radius 1 is 1.26 bits per heavy atom. The predicted molar refractivity (Wildman–Crippen MR) is 151 cm³/mol. The number of benzene rings is 1. The van der Waals surface area contributed by atoms with E-state index in [9.17, 15) is 9.90 Å². The van der Waals surface area contributed by atoms with Crippen LogP contribution in [0.3, 0.4) is 0 Å². The molecule has 2 fully saturated rings. The van der Waals surface area contributed by atoms with E-state index in [-0.39, 0.29) is 23.8 Å². The molecule has 2 aliphatic heterocycles. The highest BCUT2D eigenvalue weighted by Crippen LogP contribution is 2.25. The maximum Gasteiger partial charge on any atom is 0.229 e. The van der Waals surface area contributed by atoms with E-state index < -0.39 is 6.23 Å². The summed E-state index contributed by atoms with van der Waals surface area (Å²) in [4.78, 5) is 24.4. The number of carbonyl (C=O) groups excluding carboxylic acids is 1. The highest BCUT2D eigenvalue weighted by molar-refractivity contribution is 5.87. The molecular formula is C29H39N7O3. The highest BCUT2D eigenvalue weighted by atomic mass is 16.5. The first-order chi connectivity index (χ1) is 18.8. The fourth-order valence-electron chi connectivity index (χ4n) is 5.22. The maximum atomic E-state index is 13.0. The lowest BCUT2D eigenvalue weighted by atomic mass is 9.91. The van der Waals surface area contributed by atoms with E-state index in [1.54, 1.807) is 9.42 Å². The number of carbonyl (C=O) groups is 1. The Hall–Kier alpha value is -3.34. The van der Waals surface area contributed by atoms with Gasteiger partial charge in [-0.05, 0) is 54.9 Å². The number of Topliss-reactive ketones (excluding diaryl/α,β-unsaturated/α-hetero) is 1. The molecule has 2 atom stereocenters. The first kappa shape index (κ1) is 27.2. The van der Waals surface area contributed by atoms with Crippen LogP contribution >= 0.6 is 0 Å². The lowest BCUT2D eigenvalue weighted by molar-refractivity contribution is -0.135. The summed E-state index contributed by atoms with van der Waals surface area (Å²) in [6.45, 7) is 12.6. The molecule has 2 aliphatic rings. The van der Waals surface area contributed by atoms with Gasteiger partial charge in [-0.2, -0.15) is 19.6 Å². The van der Waals surface area contributed by atoms with E-state index in [0.29, 0.717) is 31.4 Å². The van der Waals surface area contributed by atoms with Crippen LogP contribution in [0.4, 0.5) is 11.9 Å². The van der Waals surface area contributed by atoms with Crippen molar-refractivity contribution in [2.24, 2.45) is 0 Å². The minimum absolute atomic E-state index is 0.120. The number of rotatable bonds is 11. The Balaban J connectivity index is 1.33. The third-order valence-corrected chi connectivity index (χ3v) is 7.78. The number of nitrogens with zero attached hydrogens (tertiary/aromatic N) is 5. The zero-order valence-electron chi connectivity index (χ0n) is 23.1. The smallest absolute Gasteiger partial charge is 0.229 e. The molecule has 3 N–H and O–H groups in total. The van der Waals surface area contributed by atoms with Crippen molar-refractivity contribution >= 4 is 23.3 Å². The number of hydrogen-bond acceptors (Lipinski definition) is 9. The van der Waals surface area contributed by atoms with Crippen molar-refractivity contribution in [2.75, 3.05) is 30.4 Å². The minimum atomic E-state index is -0.779. The van der Waals surface area contributed by atoms with Crippen molar-refractivity contribution in [3.05, 3.63) is 59.3 Å². The van der Waals surface area contributed by atoms with E-state index in [1.165, 1.54) is 6.08 Å². The third kappa shape index (κ3) is 5.98. The van der Waals surface area contributed by atoms with Gasteiger partial charge in [0, 0.05) is 44.3 Å². The van der Waals surface area contributed by atoms with Crippen LogP contribution in [0.15, 0.2) is 37.1 Å². The number of ether oxygens (including phenoxy) is 1. The molecule has 1 aromatic carbocycles. The van der Waals surface area contributed by atoms with Crippen LogP contribution in [0.1, 0.15) is 61.3 Å². The van der Waals surface area contributed by atoms with Gasteiger partial charge < -0.3 is 20.5 Å². The fourth-order valence-corrected chi connectivity index (χ4v) is 5.22. The predicted octanol–water partition coefficient (Wildman–Crippen LogP) is 3.45. The molecule has 39 heavy (non-hydrogen) atoms. The molecule has 0 bridgehead atoms. The van der Waals surface area contributed by atoms with Gasteiger partial charge in [-0.15, -0.1) is 0 Å². The van der Waals surface area contributed by atoms with E-state index in [0.717, 1.165) is 60.4 Å². The van der Waals surface area contributed by atoms with Crippen LogP contribution in [0.25, 0.3) is 5.65 Å². The van der Waals surface area contributed by atoms with Gasteiger partial charge >= 0.3 is 0 Å². The molecule has 2 aromatic heterocycles. The molecule has 0 aliphatic carbocycles. The first-order valence-electron chi connectivity index (χ1n) is 13.9. The summed E-state index contributed by atoms with van der Waals surface area (Å²) in [7, 11) is 0. The summed E-state index contributed by atoms with van der Waals surface area (Å²) < 4.78 is 7.26. The second-order valence-corrected chi connectivity index (χ2v) is 10.8. The standard InChI is InChI=1S/C29H39N7O3/c1-5-26(38)35-11-8-24(35)25(37)15-21-14-20(7-6-19(21)4)16-30-29-34-28(32-22-9-12-39-13-10-22)33-27-23(18(2)3)17-31-36(27)29/h5-7,14,17-18,22,24,26,38H,1,8-13,15-16H2,2-4H3,(H2,30,32,33,34). The molecule has 0 saturated carbocycles. The van der Waals surface area contributed by atoms with Crippen LogP contribution < -0.4 is 10.6 Å². The van der Waals surface area contributed by atoms with Crippen LogP contribution in [0, 0.1) is 6.92 Å². The van der Waals surface area contributed by atoms with E-state index in [4.69, 9.17) is 14.7 Å². The van der Waals surface area contributed by atoms with E-state index in [2.05, 4.69) is 54.4 Å². The van der Waals surface area contributed by atoms with Crippen molar-refractivity contribution in [1.29, 1.82) is 0 Å². The number of ketones is 1. The summed E-state index contributed by atoms with van der Waals surface area (Å²) in [6.07, 6.45) is 5.49.